The molecule has 5 aliphatic rings. The number of halogens is 12. The van der Waals surface area contributed by atoms with E-state index in [0.29, 0.717) is 65.0 Å². The van der Waals surface area contributed by atoms with Gasteiger partial charge >= 0.3 is 36.6 Å². The first-order valence-corrected chi connectivity index (χ1v) is 39.7. The Balaban J connectivity index is 0.784. The Morgan fingerprint density at radius 1 is 0.570 bits per heavy atom. The van der Waals surface area contributed by atoms with Gasteiger partial charge in [-0.2, -0.15) is 57.9 Å². The van der Waals surface area contributed by atoms with Gasteiger partial charge < -0.3 is 53.5 Å². The van der Waals surface area contributed by atoms with Crippen molar-refractivity contribution in [2.45, 2.75) is 227 Å². The number of likely N-dealkylation sites (tertiary alicyclic amines) is 4. The van der Waals surface area contributed by atoms with Crippen molar-refractivity contribution in [3.63, 3.8) is 0 Å². The van der Waals surface area contributed by atoms with Crippen LogP contribution in [0.25, 0.3) is 0 Å². The van der Waals surface area contributed by atoms with E-state index in [4.69, 9.17) is 23.7 Å². The zero-order chi connectivity index (χ0) is 82.6. The lowest BCUT2D eigenvalue weighted by Gasteiger charge is -2.51. The number of piperidine rings is 4. The molecule has 4 saturated heterocycles. The van der Waals surface area contributed by atoms with E-state index in [9.17, 15) is 87.3 Å². The van der Waals surface area contributed by atoms with Crippen molar-refractivity contribution < 1.29 is 115 Å². The number of pyridine rings is 2. The molecule has 5 fully saturated rings. The molecule has 4 aliphatic heterocycles. The number of thiophene rings is 2. The Bertz CT molecular complexity index is 4510. The van der Waals surface area contributed by atoms with Crippen LogP contribution in [0.2, 0.25) is 0 Å². The molecule has 4 aromatic heterocycles. The molecule has 8 heterocycles. The van der Waals surface area contributed by atoms with Crippen LogP contribution < -0.4 is 23.7 Å². The molecule has 0 bridgehead atoms. The molecular formula is C80H87F12N7O13S2. The molecule has 2 aromatic carbocycles. The maximum Gasteiger partial charge on any atom is 0.425 e. The van der Waals surface area contributed by atoms with Crippen molar-refractivity contribution >= 4 is 58.2 Å². The SMILES string of the molecule is CCC[C@H]1N(C(=O)c2ncccc2C(F)(F)F)CCC[C@@]1(Oc1csc(C(F)(F)F)c1)C(=O)N1CCC(O)(c2cc(OC(=O)CCC[C@@H](C)Oc3ccccc3C3(C#N)CCN(C(=O)[C@]4(Oc5csc(C(F)(F)F)c5)CCCN(C(=O)c5ncccc5C(F)(F)F)[C@@H]4CCC)CC3)ccc2O[C@@H](C)CCC2(C(=O)O)CCC2)CC1. The van der Waals surface area contributed by atoms with Gasteiger partial charge in [-0.3, -0.25) is 38.7 Å². The van der Waals surface area contributed by atoms with Crippen LogP contribution >= 0.6 is 22.7 Å². The summed E-state index contributed by atoms with van der Waals surface area (Å²) in [5.74, 6) is -5.84. The molecule has 114 heavy (non-hydrogen) atoms. The summed E-state index contributed by atoms with van der Waals surface area (Å²) in [5.41, 5.74) is -12.4. The van der Waals surface area contributed by atoms with Gasteiger partial charge in [0.15, 0.2) is 0 Å². The van der Waals surface area contributed by atoms with Gasteiger partial charge in [-0.05, 0) is 152 Å². The number of benzene rings is 2. The smallest absolute Gasteiger partial charge is 0.425 e. The van der Waals surface area contributed by atoms with Gasteiger partial charge in [0.25, 0.3) is 23.6 Å². The topological polar surface area (TPSA) is 252 Å². The minimum atomic E-state index is -5.03. The number of aliphatic hydroxyl groups is 1. The van der Waals surface area contributed by atoms with Gasteiger partial charge in [-0.15, -0.1) is 22.7 Å². The van der Waals surface area contributed by atoms with E-state index in [1.165, 1.54) is 28.0 Å². The van der Waals surface area contributed by atoms with Crippen LogP contribution in [0.15, 0.2) is 102 Å². The molecule has 616 valence electrons. The number of esters is 1. The molecule has 4 amide bonds. The van der Waals surface area contributed by atoms with Crippen molar-refractivity contribution in [3.05, 3.63) is 145 Å². The fraction of sp³-hybridized carbons (Fsp3) is 0.537. The third-order valence-electron chi connectivity index (χ3n) is 22.6. The molecule has 11 rings (SSSR count). The van der Waals surface area contributed by atoms with Crippen molar-refractivity contribution in [1.29, 1.82) is 5.26 Å². The Labute approximate surface area is 657 Å². The third kappa shape index (κ3) is 18.2. The first-order chi connectivity index (χ1) is 53.8. The summed E-state index contributed by atoms with van der Waals surface area (Å²) in [5, 5.41) is 36.3. The molecule has 2 N–H and O–H groups in total. The minimum Gasteiger partial charge on any atom is -0.490 e. The zero-order valence-corrected chi connectivity index (χ0v) is 64.5. The normalized spacial score (nSPS) is 21.6. The fourth-order valence-corrected chi connectivity index (χ4v) is 17.8. The lowest BCUT2D eigenvalue weighted by atomic mass is 9.66. The van der Waals surface area contributed by atoms with Crippen LogP contribution in [0.4, 0.5) is 52.7 Å². The molecule has 0 spiro atoms. The molecule has 20 nitrogen and oxygen atoms in total. The van der Waals surface area contributed by atoms with E-state index >= 15 is 9.59 Å². The number of carboxylic acid groups (broad SMARTS) is 1. The molecule has 6 aromatic rings. The van der Waals surface area contributed by atoms with Crippen LogP contribution in [0.5, 0.6) is 28.7 Å². The highest BCUT2D eigenvalue weighted by Gasteiger charge is 2.60. The second-order valence-corrected chi connectivity index (χ2v) is 31.9. The van der Waals surface area contributed by atoms with E-state index in [0.717, 1.165) is 57.6 Å². The van der Waals surface area contributed by atoms with Crippen molar-refractivity contribution in [3.8, 4) is 34.8 Å². The molecular weight excluding hydrogens is 1560 g/mol. The number of carbonyl (C=O) groups excluding carboxylic acids is 5. The molecule has 1 saturated carbocycles. The number of hydrogen-bond donors (Lipinski definition) is 2. The first-order valence-electron chi connectivity index (χ1n) is 37.9. The van der Waals surface area contributed by atoms with Gasteiger partial charge in [0.05, 0.1) is 57.9 Å². The van der Waals surface area contributed by atoms with Gasteiger partial charge in [0.1, 0.15) is 49.9 Å². The fourth-order valence-electron chi connectivity index (χ4n) is 16.5. The highest BCUT2D eigenvalue weighted by Crippen LogP contribution is 2.51. The van der Waals surface area contributed by atoms with E-state index in [1.807, 2.05) is 0 Å². The Kier molecular flexibility index (Phi) is 25.8. The summed E-state index contributed by atoms with van der Waals surface area (Å²) in [4.78, 5) is 96.6. The number of alkyl halides is 12. The molecule has 34 heteroatoms. The quantitative estimate of drug-likeness (QED) is 0.0276. The average molecular weight is 1650 g/mol. The number of carboxylic acids is 1. The summed E-state index contributed by atoms with van der Waals surface area (Å²) in [6, 6.07) is 15.7. The summed E-state index contributed by atoms with van der Waals surface area (Å²) in [7, 11) is 0. The number of aliphatic carboxylic acids is 1. The summed E-state index contributed by atoms with van der Waals surface area (Å²) in [6.45, 7) is 5.81. The maximum absolute atomic E-state index is 15.6. The van der Waals surface area contributed by atoms with Gasteiger partial charge in [-0.25, -0.2) is 0 Å². The van der Waals surface area contributed by atoms with Crippen LogP contribution in [0, 0.1) is 16.7 Å². The predicted molar refractivity (Wildman–Crippen MR) is 390 cm³/mol. The monoisotopic (exact) mass is 1650 g/mol. The number of carbonyl (C=O) groups is 6. The minimum absolute atomic E-state index is 0.00559. The summed E-state index contributed by atoms with van der Waals surface area (Å²) in [6.07, 6.45) is -16.8. The number of aromatic nitrogens is 2. The highest BCUT2D eigenvalue weighted by atomic mass is 32.1. The molecule has 0 radical (unpaired) electrons. The van der Waals surface area contributed by atoms with E-state index in [2.05, 4.69) is 16.0 Å². The first kappa shape index (κ1) is 85.6. The van der Waals surface area contributed by atoms with Crippen molar-refractivity contribution in [2.75, 3.05) is 39.3 Å². The lowest BCUT2D eigenvalue weighted by molar-refractivity contribution is -0.163. The second-order valence-electron chi connectivity index (χ2n) is 30.0. The molecule has 0 unspecified atom stereocenters. The van der Waals surface area contributed by atoms with Gasteiger partial charge in [0, 0.05) is 105 Å². The number of amides is 4. The van der Waals surface area contributed by atoms with Crippen LogP contribution in [-0.4, -0.2) is 150 Å². The number of rotatable bonds is 27. The Hall–Kier alpha value is -9.23. The Morgan fingerprint density at radius 2 is 1.04 bits per heavy atom. The van der Waals surface area contributed by atoms with Crippen LogP contribution in [0.1, 0.15) is 209 Å². The van der Waals surface area contributed by atoms with E-state index < -0.39 is 144 Å². The lowest BCUT2D eigenvalue weighted by Crippen LogP contribution is -2.68. The molecule has 1 aliphatic carbocycles. The van der Waals surface area contributed by atoms with Gasteiger partial charge in [0.2, 0.25) is 11.2 Å². The second kappa shape index (κ2) is 34.3. The summed E-state index contributed by atoms with van der Waals surface area (Å²) < 4.78 is 203. The maximum atomic E-state index is 15.6. The third-order valence-corrected chi connectivity index (χ3v) is 24.5. The zero-order valence-electron chi connectivity index (χ0n) is 62.9. The number of nitrogens with zero attached hydrogens (tertiary/aromatic N) is 7. The van der Waals surface area contributed by atoms with Crippen LogP contribution in [0.3, 0.4) is 0 Å². The van der Waals surface area contributed by atoms with Crippen molar-refractivity contribution in [1.82, 2.24) is 29.6 Å². The van der Waals surface area contributed by atoms with Crippen LogP contribution in [-0.2, 0) is 54.9 Å². The number of hydrogen-bond acceptors (Lipinski definition) is 17. The Morgan fingerprint density at radius 3 is 1.48 bits per heavy atom. The highest BCUT2D eigenvalue weighted by molar-refractivity contribution is 7.10. The van der Waals surface area contributed by atoms with E-state index in [-0.39, 0.29) is 177 Å². The number of para-hydroxylation sites is 1. The number of nitriles is 1. The summed E-state index contributed by atoms with van der Waals surface area (Å²) >= 11 is 0.605. The predicted octanol–water partition coefficient (Wildman–Crippen LogP) is 17.1. The van der Waals surface area contributed by atoms with E-state index in [1.54, 1.807) is 52.0 Å². The van der Waals surface area contributed by atoms with Crippen molar-refractivity contribution in [2.24, 2.45) is 5.41 Å². The molecule has 6 atom stereocenters. The largest absolute Gasteiger partial charge is 0.490 e. The average Bonchev–Trinajstić information content (AvgIpc) is 1.21. The van der Waals surface area contributed by atoms with Gasteiger partial charge in [-0.1, -0.05) is 51.3 Å². The standard InChI is InChI=1S/C80H87F12N7O13S2/c1-5-15-60-75(111-52-44-62(113-46-52)79(87,88)89,28-13-37-98(60)67(101)65-55(77(81,82)83)19-10-35-94-65)69(103)96-39-31-73(48-93,32-40-96)54-18-7-8-21-58(54)108-49(3)17-9-22-64(100)110-51-23-24-59(109-50(4)25-30-72(71(105)106)26-12-27-72)57(43-51)74(107)33-41-97(42-34-74)70(104)76(112-53-45-63(114-47-53)80(90,91)92)29-14-38-99(61(76)16-6-2)68(102)66-56(78(84,85)86)20-11-36-95-66/h7-8,10-11,18-21,23-24,35-36,43-47,49-50,60-61,107H,5-6,9,12-17,22,25-34,37-42H2,1-4H3,(H,105,106)/t49-,50+,60-,61-,75+,76+/m1/s1. The number of ether oxygens (including phenoxy) is 5.